The number of rotatable bonds is 5. The molecule has 4 rings (SSSR count). The van der Waals surface area contributed by atoms with Crippen molar-refractivity contribution in [2.24, 2.45) is 11.8 Å². The number of pyridine rings is 1. The molecule has 30 heavy (non-hydrogen) atoms. The minimum atomic E-state index is -4.56. The number of β-amino-alcohol motifs (C(OH)–C–C–N with tert-alkyl or cyclic N) is 1. The van der Waals surface area contributed by atoms with Crippen LogP contribution in [-0.2, 0) is 6.18 Å². The van der Waals surface area contributed by atoms with Crippen LogP contribution in [-0.4, -0.2) is 50.0 Å². The van der Waals surface area contributed by atoms with Crippen LogP contribution in [0.3, 0.4) is 0 Å². The maximum absolute atomic E-state index is 13.2. The first kappa shape index (κ1) is 21.1. The molecule has 1 aliphatic heterocycles. The summed E-state index contributed by atoms with van der Waals surface area (Å²) in [5, 5.41) is 14.7. The molecule has 6 nitrogen and oxygen atoms in total. The monoisotopic (exact) mass is 423 g/mol. The molecule has 0 spiro atoms. The van der Waals surface area contributed by atoms with Gasteiger partial charge in [-0.15, -0.1) is 0 Å². The summed E-state index contributed by atoms with van der Waals surface area (Å²) in [4.78, 5) is 6.03. The Kier molecular flexibility index (Phi) is 4.89. The molecule has 2 aromatic rings. The smallest absolute Gasteiger partial charge is 0.389 e. The maximum Gasteiger partial charge on any atom is 0.419 e. The van der Waals surface area contributed by atoms with Gasteiger partial charge in [0.05, 0.1) is 16.9 Å². The SMILES string of the molecule is CC(C)n1nc(-c2cnc(N)c(C(F)(F)F)c2)cc1[C@H]1[C@@H]2CN(CC(C)(C)O)C[C@@H]21. The number of aliphatic hydroxyl groups is 1. The molecule has 0 radical (unpaired) electrons. The average Bonchev–Trinajstić information content (AvgIpc) is 2.95. The number of nitrogen functional groups attached to an aromatic ring is 1. The second-order valence-electron chi connectivity index (χ2n) is 9.51. The van der Waals surface area contributed by atoms with Gasteiger partial charge in [0.1, 0.15) is 5.82 Å². The number of nitrogens with two attached hydrogens (primary N) is 1. The second kappa shape index (κ2) is 6.95. The third-order valence-corrected chi connectivity index (χ3v) is 6.00. The predicted octanol–water partition coefficient (Wildman–Crippen LogP) is 3.54. The van der Waals surface area contributed by atoms with E-state index in [-0.39, 0.29) is 6.04 Å². The van der Waals surface area contributed by atoms with Crippen molar-refractivity contribution in [3.05, 3.63) is 29.6 Å². The van der Waals surface area contributed by atoms with Crippen LogP contribution in [0.5, 0.6) is 0 Å². The molecular weight excluding hydrogens is 395 g/mol. The van der Waals surface area contributed by atoms with Crippen molar-refractivity contribution in [1.82, 2.24) is 19.7 Å². The molecule has 3 heterocycles. The minimum Gasteiger partial charge on any atom is -0.389 e. The molecule has 3 N–H and O–H groups in total. The molecule has 164 valence electrons. The number of nitrogens with zero attached hydrogens (tertiary/aromatic N) is 4. The number of hydrogen-bond acceptors (Lipinski definition) is 5. The fraction of sp³-hybridized carbons (Fsp3) is 0.619. The van der Waals surface area contributed by atoms with Gasteiger partial charge in [-0.2, -0.15) is 18.3 Å². The molecule has 0 aromatic carbocycles. The van der Waals surface area contributed by atoms with Crippen LogP contribution >= 0.6 is 0 Å². The normalized spacial score (nSPS) is 24.5. The van der Waals surface area contributed by atoms with E-state index in [0.717, 1.165) is 24.8 Å². The highest BCUT2D eigenvalue weighted by atomic mass is 19.4. The number of aromatic nitrogens is 3. The fourth-order valence-electron chi connectivity index (χ4n) is 4.78. The lowest BCUT2D eigenvalue weighted by atomic mass is 10.1. The Balaban J connectivity index is 1.60. The first-order valence-corrected chi connectivity index (χ1v) is 10.2. The van der Waals surface area contributed by atoms with E-state index in [2.05, 4.69) is 15.0 Å². The Morgan fingerprint density at radius 3 is 2.37 bits per heavy atom. The summed E-state index contributed by atoms with van der Waals surface area (Å²) in [7, 11) is 0. The first-order chi connectivity index (χ1) is 13.8. The molecule has 2 aliphatic rings. The fourth-order valence-corrected chi connectivity index (χ4v) is 4.78. The van der Waals surface area contributed by atoms with E-state index in [4.69, 9.17) is 5.73 Å². The lowest BCUT2D eigenvalue weighted by Crippen LogP contribution is -2.38. The highest BCUT2D eigenvalue weighted by Crippen LogP contribution is 2.58. The van der Waals surface area contributed by atoms with E-state index < -0.39 is 23.2 Å². The third kappa shape index (κ3) is 3.92. The minimum absolute atomic E-state index is 0.0892. The molecule has 9 heteroatoms. The number of alkyl halides is 3. The lowest BCUT2D eigenvalue weighted by molar-refractivity contribution is -0.137. The van der Waals surface area contributed by atoms with Gasteiger partial charge < -0.3 is 10.8 Å². The van der Waals surface area contributed by atoms with Crippen LogP contribution in [0.25, 0.3) is 11.3 Å². The predicted molar refractivity (Wildman–Crippen MR) is 108 cm³/mol. The van der Waals surface area contributed by atoms with Crippen molar-refractivity contribution < 1.29 is 18.3 Å². The van der Waals surface area contributed by atoms with E-state index in [1.54, 1.807) is 0 Å². The molecule has 1 saturated heterocycles. The Labute approximate surface area is 173 Å². The molecule has 2 fully saturated rings. The van der Waals surface area contributed by atoms with Crippen molar-refractivity contribution in [3.8, 4) is 11.3 Å². The number of fused-ring (bicyclic) bond motifs is 1. The van der Waals surface area contributed by atoms with Crippen LogP contribution in [0.1, 0.15) is 50.9 Å². The largest absolute Gasteiger partial charge is 0.419 e. The van der Waals surface area contributed by atoms with Crippen LogP contribution in [0.15, 0.2) is 18.3 Å². The lowest BCUT2D eigenvalue weighted by Gasteiger charge is -2.27. The van der Waals surface area contributed by atoms with Crippen molar-refractivity contribution in [2.45, 2.75) is 51.4 Å². The quantitative estimate of drug-likeness (QED) is 0.769. The number of hydrogen-bond donors (Lipinski definition) is 2. The van der Waals surface area contributed by atoms with Gasteiger partial charge in [0.2, 0.25) is 0 Å². The van der Waals surface area contributed by atoms with Gasteiger partial charge in [-0.1, -0.05) is 0 Å². The number of piperidine rings is 1. The standard InChI is InChI=1S/C21H28F3N5O/c1-11(2)29-17(18-13-8-28(9-14(13)18)10-20(3,4)30)6-16(27-29)12-5-15(21(22,23)24)19(25)26-7-12/h5-7,11,13-14,18,30H,8-10H2,1-4H3,(H2,25,26)/t13-,14+,18+. The summed E-state index contributed by atoms with van der Waals surface area (Å²) in [5.74, 6) is 0.795. The van der Waals surface area contributed by atoms with Gasteiger partial charge in [-0.25, -0.2) is 4.98 Å². The Morgan fingerprint density at radius 1 is 1.20 bits per heavy atom. The number of anilines is 1. The van der Waals surface area contributed by atoms with Gasteiger partial charge >= 0.3 is 6.18 Å². The van der Waals surface area contributed by atoms with Crippen LogP contribution < -0.4 is 5.73 Å². The molecule has 0 amide bonds. The van der Waals surface area contributed by atoms with Crippen molar-refractivity contribution >= 4 is 5.82 Å². The van der Waals surface area contributed by atoms with Crippen molar-refractivity contribution in [1.29, 1.82) is 0 Å². The summed E-state index contributed by atoms with van der Waals surface area (Å²) < 4.78 is 41.6. The summed E-state index contributed by atoms with van der Waals surface area (Å²) in [6.45, 7) is 10.1. The Hall–Kier alpha value is -2.13. The van der Waals surface area contributed by atoms with E-state index >= 15 is 0 Å². The van der Waals surface area contributed by atoms with Crippen LogP contribution in [0, 0.1) is 11.8 Å². The maximum atomic E-state index is 13.2. The molecule has 2 aromatic heterocycles. The van der Waals surface area contributed by atoms with E-state index in [0.29, 0.717) is 35.6 Å². The zero-order valence-corrected chi connectivity index (χ0v) is 17.6. The molecule has 0 unspecified atom stereocenters. The van der Waals surface area contributed by atoms with Gasteiger partial charge in [0, 0.05) is 49.0 Å². The van der Waals surface area contributed by atoms with Crippen molar-refractivity contribution in [2.75, 3.05) is 25.4 Å². The van der Waals surface area contributed by atoms with Gasteiger partial charge in [0.15, 0.2) is 0 Å². The number of halogens is 3. The number of likely N-dealkylation sites (tertiary alicyclic amines) is 1. The average molecular weight is 423 g/mol. The molecule has 0 bridgehead atoms. The zero-order valence-electron chi connectivity index (χ0n) is 17.6. The molecular formula is C21H28F3N5O. The zero-order chi connectivity index (χ0) is 22.0. The van der Waals surface area contributed by atoms with Gasteiger partial charge in [-0.3, -0.25) is 9.58 Å². The summed E-state index contributed by atoms with van der Waals surface area (Å²) in [6.07, 6.45) is -3.21. The highest BCUT2D eigenvalue weighted by Gasteiger charge is 2.57. The van der Waals surface area contributed by atoms with Crippen LogP contribution in [0.2, 0.25) is 0 Å². The topological polar surface area (TPSA) is 80.2 Å². The van der Waals surface area contributed by atoms with Gasteiger partial charge in [-0.05, 0) is 51.7 Å². The summed E-state index contributed by atoms with van der Waals surface area (Å²) in [5.41, 5.74) is 5.62. The van der Waals surface area contributed by atoms with E-state index in [1.165, 1.54) is 6.20 Å². The highest BCUT2D eigenvalue weighted by molar-refractivity contribution is 5.63. The van der Waals surface area contributed by atoms with E-state index in [1.807, 2.05) is 38.4 Å². The van der Waals surface area contributed by atoms with Crippen LogP contribution in [0.4, 0.5) is 19.0 Å². The molecule has 1 aliphatic carbocycles. The first-order valence-electron chi connectivity index (χ1n) is 10.2. The Bertz CT molecular complexity index is 935. The molecule has 3 atom stereocenters. The van der Waals surface area contributed by atoms with Crippen molar-refractivity contribution in [3.63, 3.8) is 0 Å². The second-order valence-corrected chi connectivity index (χ2v) is 9.51. The van der Waals surface area contributed by atoms with Gasteiger partial charge in [0.25, 0.3) is 0 Å². The Morgan fingerprint density at radius 2 is 1.83 bits per heavy atom. The third-order valence-electron chi connectivity index (χ3n) is 6.00. The van der Waals surface area contributed by atoms with E-state index in [9.17, 15) is 18.3 Å². The summed E-state index contributed by atoms with van der Waals surface area (Å²) in [6, 6.07) is 3.01. The molecule has 1 saturated carbocycles. The summed E-state index contributed by atoms with van der Waals surface area (Å²) >= 11 is 0.